The van der Waals surface area contributed by atoms with Gasteiger partial charge in [-0.25, -0.2) is 24.0 Å². The summed E-state index contributed by atoms with van der Waals surface area (Å²) in [6, 6.07) is 6.70. The van der Waals surface area contributed by atoms with Gasteiger partial charge in [-0.15, -0.1) is 0 Å². The topological polar surface area (TPSA) is 320 Å². The molecule has 2 aromatic carbocycles. The standard InChI is InChI=1S/C65H87ClN8O19S/c1-38-18-17-21-50(87-10)65(85)36-48(91-61(82)69-65)39(2)56-64(4,93-56)51(35-53(76)73(8)46-32-42(30-38)33-47(86-9)55(46)66)92-59(80)40(3)72(7)52(75)24-29-88-62(83)70(5)27-28-71(6)63(84)89-37-41-22-23-45(68-60(81)90-43-19-15-13-12-14-16-20-43)44(31-41)57(78)67-25-26-74-54(77)34-49(94-11)58(74)79/h15,17-19,21-23,31-33,39-40,43,48-51,56,85H,12-14,16,20,24-30,34-37H2,1-11H3,(H,67,78)(H,68,81)(H,69,82)/b19-15+,21-17+,38-18+/t39-,40+,43?,48+,49?,50-,51+,56+,64+,65+/m1/s1. The Labute approximate surface area is 556 Å². The van der Waals surface area contributed by atoms with Crippen molar-refractivity contribution in [1.82, 2.24) is 30.2 Å². The van der Waals surface area contributed by atoms with Gasteiger partial charge in [0.15, 0.2) is 5.72 Å². The van der Waals surface area contributed by atoms with Crippen LogP contribution in [0.3, 0.4) is 0 Å². The highest BCUT2D eigenvalue weighted by molar-refractivity contribution is 8.00. The van der Waals surface area contributed by atoms with E-state index < -0.39 is 120 Å². The van der Waals surface area contributed by atoms with Gasteiger partial charge >= 0.3 is 30.3 Å². The Bertz CT molecular complexity index is 3260. The number of carbonyl (C=O) groups excluding carboxylic acids is 10. The van der Waals surface area contributed by atoms with E-state index in [0.717, 1.165) is 46.6 Å². The number of fused-ring (bicyclic) bond motifs is 5. The number of nitrogens with one attached hydrogen (secondary N) is 3. The fraction of sp³-hybridized carbons (Fsp3) is 0.569. The summed E-state index contributed by atoms with van der Waals surface area (Å²) in [5, 5.41) is 19.4. The van der Waals surface area contributed by atoms with Gasteiger partial charge in [-0.2, -0.15) is 11.8 Å². The van der Waals surface area contributed by atoms with E-state index in [1.54, 1.807) is 50.5 Å². The average molecular weight is 1350 g/mol. The van der Waals surface area contributed by atoms with Gasteiger partial charge in [0.1, 0.15) is 60.0 Å². The Morgan fingerprint density at radius 2 is 1.67 bits per heavy atom. The minimum Gasteiger partial charge on any atom is -0.495 e. The summed E-state index contributed by atoms with van der Waals surface area (Å²) in [6.07, 6.45) is 6.87. The first-order chi connectivity index (χ1) is 44.6. The number of imide groups is 1. The molecule has 5 aliphatic rings. The van der Waals surface area contributed by atoms with Crippen molar-refractivity contribution in [2.24, 2.45) is 5.92 Å². The number of anilines is 2. The number of hydrogen-bond acceptors (Lipinski definition) is 20. The molecule has 4 bridgehead atoms. The number of likely N-dealkylation sites (tertiary alicyclic amines) is 1. The lowest BCUT2D eigenvalue weighted by molar-refractivity contribution is -0.162. The Morgan fingerprint density at radius 1 is 0.947 bits per heavy atom. The van der Waals surface area contributed by atoms with Gasteiger partial charge in [0.05, 0.1) is 48.2 Å². The summed E-state index contributed by atoms with van der Waals surface area (Å²) >= 11 is 8.11. The quantitative estimate of drug-likeness (QED) is 0.0344. The summed E-state index contributed by atoms with van der Waals surface area (Å²) in [4.78, 5) is 140. The van der Waals surface area contributed by atoms with E-state index in [0.29, 0.717) is 29.8 Å². The van der Waals surface area contributed by atoms with Crippen molar-refractivity contribution < 1.29 is 90.9 Å². The highest BCUT2D eigenvalue weighted by Gasteiger charge is 2.64. The van der Waals surface area contributed by atoms with Gasteiger partial charge in [-0.1, -0.05) is 60.9 Å². The summed E-state index contributed by atoms with van der Waals surface area (Å²) in [5.41, 5.74) is -0.884. The second kappa shape index (κ2) is 33.0. The Kier molecular flexibility index (Phi) is 25.8. The van der Waals surface area contributed by atoms with Crippen LogP contribution in [0.5, 0.6) is 5.75 Å². The van der Waals surface area contributed by atoms with Crippen LogP contribution in [-0.2, 0) is 70.2 Å². The Morgan fingerprint density at radius 3 is 2.36 bits per heavy atom. The zero-order valence-corrected chi connectivity index (χ0v) is 56.6. The van der Waals surface area contributed by atoms with Crippen LogP contribution in [0.2, 0.25) is 5.02 Å². The van der Waals surface area contributed by atoms with Gasteiger partial charge in [-0.05, 0) is 101 Å². The number of benzene rings is 2. The van der Waals surface area contributed by atoms with Crippen LogP contribution in [0.25, 0.3) is 0 Å². The number of halogens is 1. The van der Waals surface area contributed by atoms with Crippen molar-refractivity contribution in [3.8, 4) is 5.75 Å². The number of alkyl carbamates (subject to hydrolysis) is 1. The average Bonchev–Trinajstić information content (AvgIpc) is 1.57. The number of epoxide rings is 1. The number of hydrogen-bond donors (Lipinski definition) is 4. The van der Waals surface area contributed by atoms with Crippen LogP contribution in [0, 0.1) is 5.92 Å². The third kappa shape index (κ3) is 18.7. The number of thioether (sulfide) groups is 1. The lowest BCUT2D eigenvalue weighted by Crippen LogP contribution is -2.63. The van der Waals surface area contributed by atoms with E-state index in [-0.39, 0.29) is 80.1 Å². The van der Waals surface area contributed by atoms with Gasteiger partial charge in [-0.3, -0.25) is 39.5 Å². The van der Waals surface area contributed by atoms with Gasteiger partial charge in [0.25, 0.3) is 5.91 Å². The fourth-order valence-electron chi connectivity index (χ4n) is 11.4. The van der Waals surface area contributed by atoms with Crippen molar-refractivity contribution >= 4 is 94.6 Å². The minimum absolute atomic E-state index is 0.00247. The lowest BCUT2D eigenvalue weighted by Gasteiger charge is -2.42. The van der Waals surface area contributed by atoms with E-state index in [1.165, 1.54) is 87.9 Å². The zero-order chi connectivity index (χ0) is 68.8. The first kappa shape index (κ1) is 73.5. The number of carbonyl (C=O) groups is 10. The molecule has 514 valence electrons. The smallest absolute Gasteiger partial charge is 0.412 e. The van der Waals surface area contributed by atoms with Crippen molar-refractivity contribution in [3.05, 3.63) is 88.0 Å². The highest BCUT2D eigenvalue weighted by Crippen LogP contribution is 2.49. The molecular weight excluding hydrogens is 1260 g/mol. The maximum Gasteiger partial charge on any atom is 0.412 e. The molecule has 0 spiro atoms. The third-order valence-electron chi connectivity index (χ3n) is 17.5. The fourth-order valence-corrected chi connectivity index (χ4v) is 12.3. The third-order valence-corrected chi connectivity index (χ3v) is 18.8. The number of aliphatic hydroxyl groups is 1. The molecule has 0 saturated carbocycles. The molecule has 7 rings (SSSR count). The maximum atomic E-state index is 14.4. The number of likely N-dealkylation sites (N-methyl/N-ethyl adjacent to an activating group) is 3. The lowest BCUT2D eigenvalue weighted by atomic mass is 9.83. The van der Waals surface area contributed by atoms with Crippen LogP contribution in [0.1, 0.15) is 107 Å². The molecule has 4 N–H and O–H groups in total. The summed E-state index contributed by atoms with van der Waals surface area (Å²) in [6.45, 7) is 5.81. The summed E-state index contributed by atoms with van der Waals surface area (Å²) in [5.74, 6) is -3.69. The van der Waals surface area contributed by atoms with Crippen LogP contribution < -0.4 is 25.6 Å². The molecule has 1 aliphatic carbocycles. The summed E-state index contributed by atoms with van der Waals surface area (Å²) in [7, 11) is 8.60. The molecule has 0 radical (unpaired) electrons. The van der Waals surface area contributed by atoms with E-state index in [1.807, 2.05) is 25.2 Å². The molecule has 3 saturated heterocycles. The Balaban J connectivity index is 0.928. The maximum absolute atomic E-state index is 14.4. The molecule has 0 aromatic heterocycles. The number of ether oxygens (including phenoxy) is 8. The number of methoxy groups -OCH3 is 2. The second-order valence-electron chi connectivity index (χ2n) is 24.2. The van der Waals surface area contributed by atoms with Gasteiger partial charge < -0.3 is 67.9 Å². The zero-order valence-electron chi connectivity index (χ0n) is 55.0. The van der Waals surface area contributed by atoms with E-state index >= 15 is 0 Å². The van der Waals surface area contributed by atoms with E-state index in [9.17, 15) is 53.1 Å². The van der Waals surface area contributed by atoms with Crippen LogP contribution in [0.15, 0.2) is 66.3 Å². The second-order valence-corrected chi connectivity index (χ2v) is 25.7. The molecule has 9 amide bonds. The largest absolute Gasteiger partial charge is 0.495 e. The predicted octanol–water partition coefficient (Wildman–Crippen LogP) is 6.90. The number of allylic oxidation sites excluding steroid dienone is 4. The number of nitrogens with zero attached hydrogens (tertiary/aromatic N) is 5. The molecule has 2 aromatic rings. The molecule has 3 fully saturated rings. The number of esters is 1. The normalized spacial score (nSPS) is 26.2. The Hall–Kier alpha value is -7.92. The molecule has 2 unspecified atom stereocenters. The summed E-state index contributed by atoms with van der Waals surface area (Å²) < 4.78 is 46.0. The van der Waals surface area contributed by atoms with E-state index in [2.05, 4.69) is 16.0 Å². The van der Waals surface area contributed by atoms with Crippen molar-refractivity contribution in [2.45, 2.75) is 152 Å². The number of amides is 9. The molecule has 27 nitrogen and oxygen atoms in total. The molecule has 29 heteroatoms. The van der Waals surface area contributed by atoms with Gasteiger partial charge in [0.2, 0.25) is 23.6 Å². The van der Waals surface area contributed by atoms with Crippen molar-refractivity contribution in [2.75, 3.05) is 91.7 Å². The van der Waals surface area contributed by atoms with Crippen molar-refractivity contribution in [1.29, 1.82) is 0 Å². The molecular formula is C65H87ClN8O19S. The SMILES string of the molecule is COc1cc2cc(c1Cl)N(C)C(=O)C[C@H](OC(=O)[C@H](C)N(C)C(=O)CCOC(=O)N(C)CCN(C)C(=O)OCc1ccc(NC(=O)OC3/C=C/CCCCC3)c(C(=O)NCCN3C(=O)CC(SC)C3=O)c1)[C@]1(C)O[C@H]1[C@H](C)[C@@H]1C[C@@](O)(NC(=O)O1)[C@H](OC)/C=C/C=C(\C)C2. The first-order valence-electron chi connectivity index (χ1n) is 31.1. The molecule has 10 atom stereocenters. The van der Waals surface area contributed by atoms with Crippen LogP contribution >= 0.6 is 23.4 Å². The highest BCUT2D eigenvalue weighted by atomic mass is 35.5. The minimum atomic E-state index is -1.91. The van der Waals surface area contributed by atoms with Crippen LogP contribution in [0.4, 0.5) is 30.6 Å². The van der Waals surface area contributed by atoms with Crippen LogP contribution in [-0.4, -0.2) is 219 Å². The monoisotopic (exact) mass is 1350 g/mol. The van der Waals surface area contributed by atoms with Gasteiger partial charge in [0, 0.05) is 80.2 Å². The molecule has 94 heavy (non-hydrogen) atoms. The molecule has 4 aliphatic heterocycles. The predicted molar refractivity (Wildman–Crippen MR) is 346 cm³/mol. The van der Waals surface area contributed by atoms with Crippen molar-refractivity contribution in [3.63, 3.8) is 0 Å². The molecule has 4 heterocycles. The first-order valence-corrected chi connectivity index (χ1v) is 32.8. The van der Waals surface area contributed by atoms with E-state index in [4.69, 9.17) is 49.5 Å². The number of rotatable bonds is 20.